The molecule has 96 valence electrons. The number of carbonyl (C=O) groups excluding carboxylic acids is 1. The van der Waals surface area contributed by atoms with Crippen molar-refractivity contribution in [2.45, 2.75) is 6.92 Å². The highest BCUT2D eigenvalue weighted by molar-refractivity contribution is 5.88. The maximum absolute atomic E-state index is 10.9. The Morgan fingerprint density at radius 2 is 1.74 bits per heavy atom. The molecule has 0 amide bonds. The smallest absolute Gasteiger partial charge is 0.335 e. The van der Waals surface area contributed by atoms with Crippen molar-refractivity contribution in [1.82, 2.24) is 9.97 Å². The minimum absolute atomic E-state index is 0.115. The van der Waals surface area contributed by atoms with Crippen LogP contribution in [-0.2, 0) is 4.79 Å². The quantitative estimate of drug-likeness (QED) is 0.844. The minimum Gasteiger partial charge on any atom is -0.478 e. The van der Waals surface area contributed by atoms with E-state index in [1.54, 1.807) is 0 Å². The fourth-order valence-corrected chi connectivity index (χ4v) is 1.48. The molecule has 6 heteroatoms. The van der Waals surface area contributed by atoms with Crippen molar-refractivity contribution in [3.8, 4) is 17.1 Å². The number of carbonyl (C=O) groups is 2. The number of hydrogen-bond donors (Lipinski definition) is 1. The number of carboxylic acids is 1. The minimum atomic E-state index is -1.04. The molecular weight excluding hydrogens is 248 g/mol. The molecule has 0 aliphatic heterocycles. The summed E-state index contributed by atoms with van der Waals surface area (Å²) in [4.78, 5) is 29.9. The zero-order valence-corrected chi connectivity index (χ0v) is 10.0. The summed E-state index contributed by atoms with van der Waals surface area (Å²) in [5.41, 5.74) is 0.945. The van der Waals surface area contributed by atoms with Crippen molar-refractivity contribution in [3.63, 3.8) is 0 Å². The second-order valence-electron chi connectivity index (χ2n) is 3.71. The Morgan fingerprint density at radius 1 is 1.11 bits per heavy atom. The summed E-state index contributed by atoms with van der Waals surface area (Å²) in [6, 6.07) is 5.85. The standard InChI is InChI=1S/C13H10N2O4/c1-8(16)19-10-3-5-15-12(7-10)11-6-9(13(17)18)2-4-14-11/h2-7H,1H3,(H,17,18). The van der Waals surface area contributed by atoms with E-state index < -0.39 is 11.9 Å². The van der Waals surface area contributed by atoms with Crippen molar-refractivity contribution < 1.29 is 19.4 Å². The SMILES string of the molecule is CC(=O)Oc1ccnc(-c2cc(C(=O)O)ccn2)c1. The van der Waals surface area contributed by atoms with Gasteiger partial charge in [-0.05, 0) is 18.2 Å². The lowest BCUT2D eigenvalue weighted by Crippen LogP contribution is -2.02. The first kappa shape index (κ1) is 12.7. The molecule has 19 heavy (non-hydrogen) atoms. The summed E-state index contributed by atoms with van der Waals surface area (Å²) in [6.07, 6.45) is 2.85. The molecule has 0 unspecified atom stereocenters. The molecule has 0 aromatic carbocycles. The molecule has 0 spiro atoms. The first-order chi connectivity index (χ1) is 9.06. The molecule has 2 aromatic heterocycles. The van der Waals surface area contributed by atoms with Gasteiger partial charge in [0.25, 0.3) is 0 Å². The van der Waals surface area contributed by atoms with Gasteiger partial charge in [-0.1, -0.05) is 0 Å². The van der Waals surface area contributed by atoms with Gasteiger partial charge in [-0.15, -0.1) is 0 Å². The Kier molecular flexibility index (Phi) is 3.51. The maximum atomic E-state index is 10.9. The molecule has 6 nitrogen and oxygen atoms in total. The molecule has 0 aliphatic carbocycles. The molecule has 2 aromatic rings. The Balaban J connectivity index is 2.38. The van der Waals surface area contributed by atoms with E-state index >= 15 is 0 Å². The predicted octanol–water partition coefficient (Wildman–Crippen LogP) is 1.77. The highest BCUT2D eigenvalue weighted by atomic mass is 16.5. The number of pyridine rings is 2. The summed E-state index contributed by atoms with van der Waals surface area (Å²) in [5.74, 6) is -1.15. The molecule has 0 radical (unpaired) electrons. The van der Waals surface area contributed by atoms with Gasteiger partial charge in [0.2, 0.25) is 0 Å². The van der Waals surface area contributed by atoms with E-state index in [1.165, 1.54) is 43.6 Å². The molecule has 1 N–H and O–H groups in total. The summed E-state index contributed by atoms with van der Waals surface area (Å²) >= 11 is 0. The van der Waals surface area contributed by atoms with Crippen molar-refractivity contribution in [2.75, 3.05) is 0 Å². The van der Waals surface area contributed by atoms with Crippen LogP contribution < -0.4 is 4.74 Å². The van der Waals surface area contributed by atoms with Crippen LogP contribution in [0.1, 0.15) is 17.3 Å². The number of rotatable bonds is 3. The monoisotopic (exact) mass is 258 g/mol. The first-order valence-electron chi connectivity index (χ1n) is 5.40. The third-order valence-electron chi connectivity index (χ3n) is 2.26. The van der Waals surface area contributed by atoms with Gasteiger partial charge in [0, 0.05) is 25.4 Å². The van der Waals surface area contributed by atoms with Crippen LogP contribution in [0.5, 0.6) is 5.75 Å². The van der Waals surface area contributed by atoms with E-state index in [0.717, 1.165) is 0 Å². The second kappa shape index (κ2) is 5.26. The topological polar surface area (TPSA) is 89.4 Å². The lowest BCUT2D eigenvalue weighted by molar-refractivity contribution is -0.131. The van der Waals surface area contributed by atoms with Gasteiger partial charge in [-0.25, -0.2) is 4.79 Å². The van der Waals surface area contributed by atoms with Gasteiger partial charge < -0.3 is 9.84 Å². The molecule has 0 atom stereocenters. The fraction of sp³-hybridized carbons (Fsp3) is 0.0769. The number of hydrogen-bond acceptors (Lipinski definition) is 5. The summed E-state index contributed by atoms with van der Waals surface area (Å²) < 4.78 is 4.93. The van der Waals surface area contributed by atoms with Gasteiger partial charge in [0.15, 0.2) is 0 Å². The average Bonchev–Trinajstić information content (AvgIpc) is 2.38. The Labute approximate surface area is 108 Å². The zero-order chi connectivity index (χ0) is 13.8. The van der Waals surface area contributed by atoms with Crippen LogP contribution in [0.2, 0.25) is 0 Å². The summed E-state index contributed by atoms with van der Waals surface area (Å²) in [7, 11) is 0. The maximum Gasteiger partial charge on any atom is 0.335 e. The van der Waals surface area contributed by atoms with Crippen LogP contribution in [0.4, 0.5) is 0 Å². The largest absolute Gasteiger partial charge is 0.478 e. The van der Waals surface area contributed by atoms with Gasteiger partial charge >= 0.3 is 11.9 Å². The second-order valence-corrected chi connectivity index (χ2v) is 3.71. The Hall–Kier alpha value is -2.76. The van der Waals surface area contributed by atoms with E-state index in [2.05, 4.69) is 9.97 Å². The lowest BCUT2D eigenvalue weighted by atomic mass is 10.2. The predicted molar refractivity (Wildman–Crippen MR) is 65.7 cm³/mol. The molecule has 2 rings (SSSR count). The van der Waals surface area contributed by atoms with Crippen molar-refractivity contribution in [1.29, 1.82) is 0 Å². The van der Waals surface area contributed by atoms with E-state index in [0.29, 0.717) is 17.1 Å². The van der Waals surface area contributed by atoms with Crippen molar-refractivity contribution >= 4 is 11.9 Å². The number of nitrogens with zero attached hydrogens (tertiary/aromatic N) is 2. The van der Waals surface area contributed by atoms with Crippen LogP contribution >= 0.6 is 0 Å². The van der Waals surface area contributed by atoms with Crippen molar-refractivity contribution in [3.05, 3.63) is 42.2 Å². The van der Waals surface area contributed by atoms with E-state index in [4.69, 9.17) is 9.84 Å². The Morgan fingerprint density at radius 3 is 2.37 bits per heavy atom. The first-order valence-corrected chi connectivity index (χ1v) is 5.40. The Bertz CT molecular complexity index is 640. The number of carboxylic acid groups (broad SMARTS) is 1. The number of aromatic nitrogens is 2. The van der Waals surface area contributed by atoms with E-state index in [9.17, 15) is 9.59 Å². The van der Waals surface area contributed by atoms with E-state index in [1.807, 2.05) is 0 Å². The van der Waals surface area contributed by atoms with Crippen LogP contribution in [0.25, 0.3) is 11.4 Å². The van der Waals surface area contributed by atoms with Gasteiger partial charge in [0.05, 0.1) is 17.0 Å². The van der Waals surface area contributed by atoms with Crippen LogP contribution in [0.3, 0.4) is 0 Å². The number of ether oxygens (including phenoxy) is 1. The lowest BCUT2D eigenvalue weighted by Gasteiger charge is -2.04. The van der Waals surface area contributed by atoms with Gasteiger partial charge in [-0.2, -0.15) is 0 Å². The highest BCUT2D eigenvalue weighted by Crippen LogP contribution is 2.20. The van der Waals surface area contributed by atoms with Gasteiger partial charge in [-0.3, -0.25) is 14.8 Å². The molecular formula is C13H10N2O4. The highest BCUT2D eigenvalue weighted by Gasteiger charge is 2.08. The number of aromatic carboxylic acids is 1. The molecule has 0 bridgehead atoms. The molecule has 0 aliphatic rings. The normalized spacial score (nSPS) is 9.95. The summed E-state index contributed by atoms with van der Waals surface area (Å²) in [6.45, 7) is 1.30. The third kappa shape index (κ3) is 3.12. The van der Waals surface area contributed by atoms with Gasteiger partial charge in [0.1, 0.15) is 5.75 Å². The zero-order valence-electron chi connectivity index (χ0n) is 10.0. The molecule has 2 heterocycles. The van der Waals surface area contributed by atoms with Crippen LogP contribution in [-0.4, -0.2) is 27.0 Å². The molecule has 0 fully saturated rings. The summed E-state index contributed by atoms with van der Waals surface area (Å²) in [5, 5.41) is 8.91. The average molecular weight is 258 g/mol. The fourth-order valence-electron chi connectivity index (χ4n) is 1.48. The van der Waals surface area contributed by atoms with E-state index in [-0.39, 0.29) is 5.56 Å². The third-order valence-corrected chi connectivity index (χ3v) is 2.26. The molecule has 0 saturated carbocycles. The van der Waals surface area contributed by atoms with Crippen LogP contribution in [0.15, 0.2) is 36.7 Å². The number of esters is 1. The van der Waals surface area contributed by atoms with Crippen molar-refractivity contribution in [2.24, 2.45) is 0 Å². The molecule has 0 saturated heterocycles. The van der Waals surface area contributed by atoms with Crippen LogP contribution in [0, 0.1) is 0 Å².